The van der Waals surface area contributed by atoms with E-state index in [4.69, 9.17) is 23.2 Å². The molecule has 0 aromatic heterocycles. The molecule has 0 spiro atoms. The first-order valence-electron chi connectivity index (χ1n) is 5.50. The molecule has 4 heteroatoms. The SMILES string of the molecule is OC(CNCC1CC1)c1cc(Cl)ccc1Cl. The third kappa shape index (κ3) is 3.36. The lowest BCUT2D eigenvalue weighted by atomic mass is 10.1. The summed E-state index contributed by atoms with van der Waals surface area (Å²) in [6.45, 7) is 1.51. The van der Waals surface area contributed by atoms with E-state index in [1.165, 1.54) is 12.8 Å². The largest absolute Gasteiger partial charge is 0.387 e. The van der Waals surface area contributed by atoms with Gasteiger partial charge in [0.25, 0.3) is 0 Å². The van der Waals surface area contributed by atoms with Crippen molar-refractivity contribution in [3.05, 3.63) is 33.8 Å². The number of nitrogens with one attached hydrogen (secondary N) is 1. The van der Waals surface area contributed by atoms with Gasteiger partial charge in [-0.1, -0.05) is 23.2 Å². The summed E-state index contributed by atoms with van der Waals surface area (Å²) in [6, 6.07) is 5.15. The van der Waals surface area contributed by atoms with Crippen molar-refractivity contribution in [2.75, 3.05) is 13.1 Å². The summed E-state index contributed by atoms with van der Waals surface area (Å²) in [5.41, 5.74) is 0.692. The predicted molar refractivity (Wildman–Crippen MR) is 67.0 cm³/mol. The van der Waals surface area contributed by atoms with Crippen LogP contribution in [0.25, 0.3) is 0 Å². The van der Waals surface area contributed by atoms with E-state index in [0.717, 1.165) is 12.5 Å². The molecule has 0 amide bonds. The minimum Gasteiger partial charge on any atom is -0.387 e. The van der Waals surface area contributed by atoms with E-state index in [-0.39, 0.29) is 0 Å². The zero-order valence-electron chi connectivity index (χ0n) is 8.92. The Morgan fingerprint density at radius 3 is 2.81 bits per heavy atom. The van der Waals surface area contributed by atoms with Crippen molar-refractivity contribution in [1.29, 1.82) is 0 Å². The molecule has 2 rings (SSSR count). The Morgan fingerprint density at radius 2 is 2.12 bits per heavy atom. The number of hydrogen-bond acceptors (Lipinski definition) is 2. The highest BCUT2D eigenvalue weighted by Gasteiger charge is 2.21. The van der Waals surface area contributed by atoms with Crippen molar-refractivity contribution in [2.45, 2.75) is 18.9 Å². The van der Waals surface area contributed by atoms with E-state index in [1.54, 1.807) is 18.2 Å². The van der Waals surface area contributed by atoms with Gasteiger partial charge in [0.15, 0.2) is 0 Å². The van der Waals surface area contributed by atoms with Crippen LogP contribution in [0.5, 0.6) is 0 Å². The first kappa shape index (κ1) is 12.2. The van der Waals surface area contributed by atoms with Gasteiger partial charge in [-0.3, -0.25) is 0 Å². The van der Waals surface area contributed by atoms with Crippen LogP contribution in [0.4, 0.5) is 0 Å². The van der Waals surface area contributed by atoms with Crippen LogP contribution in [0.15, 0.2) is 18.2 Å². The zero-order valence-corrected chi connectivity index (χ0v) is 10.4. The summed E-state index contributed by atoms with van der Waals surface area (Å²) in [5.74, 6) is 0.807. The van der Waals surface area contributed by atoms with Crippen LogP contribution in [0.3, 0.4) is 0 Å². The normalized spacial score (nSPS) is 17.4. The lowest BCUT2D eigenvalue weighted by Gasteiger charge is -2.13. The van der Waals surface area contributed by atoms with Gasteiger partial charge in [-0.25, -0.2) is 0 Å². The van der Waals surface area contributed by atoms with Crippen LogP contribution in [0.2, 0.25) is 10.0 Å². The maximum Gasteiger partial charge on any atom is 0.0929 e. The average molecular weight is 260 g/mol. The number of aliphatic hydroxyl groups is 1. The molecule has 1 saturated carbocycles. The van der Waals surface area contributed by atoms with Crippen LogP contribution >= 0.6 is 23.2 Å². The van der Waals surface area contributed by atoms with E-state index >= 15 is 0 Å². The molecule has 1 aliphatic carbocycles. The fourth-order valence-electron chi connectivity index (χ4n) is 1.63. The standard InChI is InChI=1S/C12H15Cl2NO/c13-9-3-4-11(14)10(5-9)12(16)7-15-6-8-1-2-8/h3-5,8,12,15-16H,1-2,6-7H2. The van der Waals surface area contributed by atoms with Crippen molar-refractivity contribution >= 4 is 23.2 Å². The van der Waals surface area contributed by atoms with Gasteiger partial charge in [-0.2, -0.15) is 0 Å². The number of hydrogen-bond donors (Lipinski definition) is 2. The number of benzene rings is 1. The first-order valence-corrected chi connectivity index (χ1v) is 6.26. The van der Waals surface area contributed by atoms with Gasteiger partial charge in [0.05, 0.1) is 6.10 Å². The van der Waals surface area contributed by atoms with Gasteiger partial charge in [0, 0.05) is 22.2 Å². The molecular weight excluding hydrogens is 245 g/mol. The van der Waals surface area contributed by atoms with Gasteiger partial charge < -0.3 is 10.4 Å². The average Bonchev–Trinajstić information content (AvgIpc) is 3.05. The second-order valence-corrected chi connectivity index (χ2v) is 5.13. The van der Waals surface area contributed by atoms with Gasteiger partial charge in [0.2, 0.25) is 0 Å². The molecule has 1 aromatic rings. The monoisotopic (exact) mass is 259 g/mol. The van der Waals surface area contributed by atoms with Gasteiger partial charge in [-0.05, 0) is 43.5 Å². The van der Waals surface area contributed by atoms with E-state index in [2.05, 4.69) is 5.32 Å². The highest BCUT2D eigenvalue weighted by atomic mass is 35.5. The summed E-state index contributed by atoms with van der Waals surface area (Å²) in [6.07, 6.45) is 2.02. The van der Waals surface area contributed by atoms with Crippen LogP contribution in [-0.4, -0.2) is 18.2 Å². The maximum atomic E-state index is 9.95. The molecule has 1 aliphatic rings. The summed E-state index contributed by atoms with van der Waals surface area (Å²) >= 11 is 11.9. The second-order valence-electron chi connectivity index (χ2n) is 4.28. The van der Waals surface area contributed by atoms with Gasteiger partial charge in [0.1, 0.15) is 0 Å². The zero-order chi connectivity index (χ0) is 11.5. The molecule has 0 heterocycles. The lowest BCUT2D eigenvalue weighted by Crippen LogP contribution is -2.23. The Labute approximate surface area is 106 Å². The lowest BCUT2D eigenvalue weighted by molar-refractivity contribution is 0.174. The molecular formula is C12H15Cl2NO. The molecule has 1 fully saturated rings. The summed E-state index contributed by atoms with van der Waals surface area (Å²) in [5, 5.41) is 14.4. The van der Waals surface area contributed by atoms with Gasteiger partial charge >= 0.3 is 0 Å². The molecule has 16 heavy (non-hydrogen) atoms. The molecule has 2 nitrogen and oxygen atoms in total. The number of halogens is 2. The molecule has 1 atom stereocenters. The fraction of sp³-hybridized carbons (Fsp3) is 0.500. The summed E-state index contributed by atoms with van der Waals surface area (Å²) < 4.78 is 0. The molecule has 0 aliphatic heterocycles. The van der Waals surface area contributed by atoms with Crippen LogP contribution in [0, 0.1) is 5.92 Å². The van der Waals surface area contributed by atoms with E-state index in [0.29, 0.717) is 22.2 Å². The van der Waals surface area contributed by atoms with Crippen molar-refractivity contribution < 1.29 is 5.11 Å². The van der Waals surface area contributed by atoms with Crippen LogP contribution in [-0.2, 0) is 0 Å². The van der Waals surface area contributed by atoms with E-state index in [9.17, 15) is 5.11 Å². The molecule has 1 unspecified atom stereocenters. The topological polar surface area (TPSA) is 32.3 Å². The predicted octanol–water partition coefficient (Wildman–Crippen LogP) is 3.03. The van der Waals surface area contributed by atoms with Crippen LogP contribution in [0.1, 0.15) is 24.5 Å². The molecule has 0 radical (unpaired) electrons. The second kappa shape index (κ2) is 5.37. The van der Waals surface area contributed by atoms with E-state index < -0.39 is 6.10 Å². The van der Waals surface area contributed by atoms with E-state index in [1.807, 2.05) is 0 Å². The Hall–Kier alpha value is -0.280. The van der Waals surface area contributed by atoms with Gasteiger partial charge in [-0.15, -0.1) is 0 Å². The Morgan fingerprint density at radius 1 is 1.38 bits per heavy atom. The van der Waals surface area contributed by atoms with Crippen molar-refractivity contribution in [1.82, 2.24) is 5.32 Å². The Kier molecular flexibility index (Phi) is 4.09. The number of rotatable bonds is 5. The van der Waals surface area contributed by atoms with Crippen molar-refractivity contribution in [2.24, 2.45) is 5.92 Å². The molecule has 88 valence electrons. The Bertz CT molecular complexity index is 366. The van der Waals surface area contributed by atoms with Crippen molar-refractivity contribution in [3.63, 3.8) is 0 Å². The van der Waals surface area contributed by atoms with Crippen LogP contribution < -0.4 is 5.32 Å². The first-order chi connectivity index (χ1) is 7.66. The van der Waals surface area contributed by atoms with Crippen molar-refractivity contribution in [3.8, 4) is 0 Å². The highest BCUT2D eigenvalue weighted by molar-refractivity contribution is 6.33. The smallest absolute Gasteiger partial charge is 0.0929 e. The third-order valence-corrected chi connectivity index (χ3v) is 3.36. The molecule has 0 bridgehead atoms. The molecule has 1 aromatic carbocycles. The third-order valence-electron chi connectivity index (χ3n) is 2.78. The Balaban J connectivity index is 1.90. The maximum absolute atomic E-state index is 9.95. The summed E-state index contributed by atoms with van der Waals surface area (Å²) in [7, 11) is 0. The minimum absolute atomic E-state index is 0.524. The molecule has 0 saturated heterocycles. The quantitative estimate of drug-likeness (QED) is 0.852. The number of aliphatic hydroxyl groups excluding tert-OH is 1. The minimum atomic E-state index is -0.593. The molecule has 2 N–H and O–H groups in total. The fourth-order valence-corrected chi connectivity index (χ4v) is 2.05. The summed E-state index contributed by atoms with van der Waals surface area (Å²) in [4.78, 5) is 0. The highest BCUT2D eigenvalue weighted by Crippen LogP contribution is 2.28.